The molecule has 1 saturated carbocycles. The molecular weight excluding hydrogens is 232 g/mol. The van der Waals surface area contributed by atoms with Crippen molar-refractivity contribution in [2.45, 2.75) is 64.5 Å². The molecule has 18 heavy (non-hydrogen) atoms. The van der Waals surface area contributed by atoms with Crippen molar-refractivity contribution < 1.29 is 14.7 Å². The molecule has 0 aromatic rings. The number of urea groups is 1. The molecule has 1 aliphatic rings. The minimum Gasteiger partial charge on any atom is -0.480 e. The van der Waals surface area contributed by atoms with E-state index < -0.39 is 12.0 Å². The second-order valence-corrected chi connectivity index (χ2v) is 4.83. The van der Waals surface area contributed by atoms with Gasteiger partial charge in [-0.25, -0.2) is 9.59 Å². The lowest BCUT2D eigenvalue weighted by Gasteiger charge is -2.34. The largest absolute Gasteiger partial charge is 0.480 e. The van der Waals surface area contributed by atoms with Gasteiger partial charge in [-0.2, -0.15) is 0 Å². The molecule has 1 aliphatic carbocycles. The Bertz CT molecular complexity index is 288. The van der Waals surface area contributed by atoms with E-state index in [1.54, 1.807) is 11.8 Å². The number of aliphatic carboxylic acids is 1. The summed E-state index contributed by atoms with van der Waals surface area (Å²) >= 11 is 0. The molecule has 0 aromatic heterocycles. The van der Waals surface area contributed by atoms with Crippen LogP contribution in [-0.4, -0.2) is 40.6 Å². The van der Waals surface area contributed by atoms with E-state index in [-0.39, 0.29) is 12.1 Å². The molecule has 1 fully saturated rings. The van der Waals surface area contributed by atoms with Crippen molar-refractivity contribution in [1.29, 1.82) is 0 Å². The summed E-state index contributed by atoms with van der Waals surface area (Å²) in [5.41, 5.74) is 0. The quantitative estimate of drug-likeness (QED) is 0.792. The first-order chi connectivity index (χ1) is 8.60. The third-order valence-corrected chi connectivity index (χ3v) is 3.62. The van der Waals surface area contributed by atoms with E-state index >= 15 is 0 Å². The molecule has 0 heterocycles. The van der Waals surface area contributed by atoms with E-state index in [9.17, 15) is 9.59 Å². The van der Waals surface area contributed by atoms with Crippen LogP contribution in [-0.2, 0) is 4.79 Å². The first kappa shape index (κ1) is 14.8. The fourth-order valence-electron chi connectivity index (χ4n) is 2.53. The summed E-state index contributed by atoms with van der Waals surface area (Å²) in [5, 5.41) is 11.6. The number of hydrogen-bond acceptors (Lipinski definition) is 2. The number of carbonyl (C=O) groups excluding carboxylic acids is 1. The van der Waals surface area contributed by atoms with Gasteiger partial charge in [-0.05, 0) is 26.2 Å². The lowest BCUT2D eigenvalue weighted by molar-refractivity contribution is -0.139. The minimum atomic E-state index is -0.967. The summed E-state index contributed by atoms with van der Waals surface area (Å²) in [6.45, 7) is 4.33. The number of carboxylic acid groups (broad SMARTS) is 1. The molecule has 0 spiro atoms. The summed E-state index contributed by atoms with van der Waals surface area (Å²) in [6.07, 6.45) is 6.02. The zero-order valence-electron chi connectivity index (χ0n) is 11.3. The Morgan fingerprint density at radius 1 is 1.28 bits per heavy atom. The minimum absolute atomic E-state index is 0.237. The van der Waals surface area contributed by atoms with Crippen molar-refractivity contribution in [3.63, 3.8) is 0 Å². The van der Waals surface area contributed by atoms with E-state index in [1.807, 2.05) is 6.92 Å². The second-order valence-electron chi connectivity index (χ2n) is 4.83. The predicted octanol–water partition coefficient (Wildman–Crippen LogP) is 2.21. The summed E-state index contributed by atoms with van der Waals surface area (Å²) in [6, 6.07) is -0.746. The van der Waals surface area contributed by atoms with Crippen molar-refractivity contribution in [2.24, 2.45) is 0 Å². The van der Waals surface area contributed by atoms with Crippen LogP contribution in [0.25, 0.3) is 0 Å². The topological polar surface area (TPSA) is 69.6 Å². The Balaban J connectivity index is 2.57. The van der Waals surface area contributed by atoms with Crippen LogP contribution in [0.15, 0.2) is 0 Å². The van der Waals surface area contributed by atoms with E-state index in [0.717, 1.165) is 25.7 Å². The Morgan fingerprint density at radius 3 is 2.33 bits per heavy atom. The van der Waals surface area contributed by atoms with Gasteiger partial charge in [0.2, 0.25) is 0 Å². The highest BCUT2D eigenvalue weighted by Gasteiger charge is 2.26. The van der Waals surface area contributed by atoms with E-state index in [1.165, 1.54) is 6.42 Å². The number of rotatable bonds is 5. The fourth-order valence-corrected chi connectivity index (χ4v) is 2.53. The molecule has 0 aliphatic heterocycles. The standard InChI is InChI=1S/C13H24N2O3/c1-3-11(12(16)17)14-13(18)15(4-2)10-8-6-5-7-9-10/h10-11H,3-9H2,1-2H3,(H,14,18)(H,16,17)/t11-/m0/s1. The fraction of sp³-hybridized carbons (Fsp3) is 0.846. The zero-order valence-corrected chi connectivity index (χ0v) is 11.3. The molecule has 0 aromatic carbocycles. The monoisotopic (exact) mass is 256 g/mol. The van der Waals surface area contributed by atoms with Gasteiger partial charge in [0, 0.05) is 12.6 Å². The first-order valence-electron chi connectivity index (χ1n) is 6.90. The Labute approximate surface area is 109 Å². The molecule has 5 heteroatoms. The molecule has 1 rings (SSSR count). The van der Waals surface area contributed by atoms with Gasteiger partial charge in [0.1, 0.15) is 6.04 Å². The summed E-state index contributed by atoms with van der Waals surface area (Å²) in [7, 11) is 0. The lowest BCUT2D eigenvalue weighted by atomic mass is 9.94. The van der Waals surface area contributed by atoms with Crippen LogP contribution in [0.1, 0.15) is 52.4 Å². The maximum absolute atomic E-state index is 12.1. The van der Waals surface area contributed by atoms with Crippen molar-refractivity contribution >= 4 is 12.0 Å². The molecule has 5 nitrogen and oxygen atoms in total. The van der Waals surface area contributed by atoms with Crippen molar-refractivity contribution in [1.82, 2.24) is 10.2 Å². The average molecular weight is 256 g/mol. The van der Waals surface area contributed by atoms with Gasteiger partial charge in [-0.15, -0.1) is 0 Å². The molecular formula is C13H24N2O3. The number of carboxylic acids is 1. The van der Waals surface area contributed by atoms with Gasteiger partial charge >= 0.3 is 12.0 Å². The number of nitrogens with one attached hydrogen (secondary N) is 1. The van der Waals surface area contributed by atoms with Gasteiger partial charge in [-0.1, -0.05) is 26.2 Å². The summed E-state index contributed by atoms with van der Waals surface area (Å²) < 4.78 is 0. The SMILES string of the molecule is CC[C@H](NC(=O)N(CC)C1CCCCC1)C(=O)O. The van der Waals surface area contributed by atoms with E-state index in [2.05, 4.69) is 5.32 Å². The van der Waals surface area contributed by atoms with Crippen LogP contribution < -0.4 is 5.32 Å². The van der Waals surface area contributed by atoms with Crippen LogP contribution in [0.4, 0.5) is 4.79 Å². The zero-order chi connectivity index (χ0) is 13.5. The van der Waals surface area contributed by atoms with Crippen molar-refractivity contribution in [3.8, 4) is 0 Å². The molecule has 104 valence electrons. The molecule has 0 saturated heterocycles. The van der Waals surface area contributed by atoms with Gasteiger partial charge in [-0.3, -0.25) is 0 Å². The second kappa shape index (κ2) is 7.24. The molecule has 2 amide bonds. The smallest absolute Gasteiger partial charge is 0.326 e. The van der Waals surface area contributed by atoms with Crippen molar-refractivity contribution in [3.05, 3.63) is 0 Å². The average Bonchev–Trinajstić information content (AvgIpc) is 2.37. The van der Waals surface area contributed by atoms with E-state index in [0.29, 0.717) is 13.0 Å². The van der Waals surface area contributed by atoms with Crippen molar-refractivity contribution in [2.75, 3.05) is 6.54 Å². The number of nitrogens with zero attached hydrogens (tertiary/aromatic N) is 1. The Morgan fingerprint density at radius 2 is 1.89 bits per heavy atom. The third-order valence-electron chi connectivity index (χ3n) is 3.62. The van der Waals surface area contributed by atoms with Gasteiger partial charge in [0.25, 0.3) is 0 Å². The molecule has 0 radical (unpaired) electrons. The Kier molecular flexibility index (Phi) is 5.95. The van der Waals surface area contributed by atoms with Crippen LogP contribution in [0.3, 0.4) is 0 Å². The highest BCUT2D eigenvalue weighted by atomic mass is 16.4. The molecule has 0 unspecified atom stereocenters. The van der Waals surface area contributed by atoms with Gasteiger partial charge in [0.15, 0.2) is 0 Å². The molecule has 0 bridgehead atoms. The van der Waals surface area contributed by atoms with Crippen LogP contribution >= 0.6 is 0 Å². The van der Waals surface area contributed by atoms with Gasteiger partial charge < -0.3 is 15.3 Å². The van der Waals surface area contributed by atoms with E-state index in [4.69, 9.17) is 5.11 Å². The maximum atomic E-state index is 12.1. The van der Waals surface area contributed by atoms with Crippen LogP contribution in [0, 0.1) is 0 Å². The van der Waals surface area contributed by atoms with Crippen LogP contribution in [0.5, 0.6) is 0 Å². The van der Waals surface area contributed by atoms with Crippen LogP contribution in [0.2, 0.25) is 0 Å². The molecule has 1 atom stereocenters. The highest BCUT2D eigenvalue weighted by molar-refractivity contribution is 5.82. The third kappa shape index (κ3) is 3.89. The summed E-state index contributed by atoms with van der Waals surface area (Å²) in [5.74, 6) is -0.967. The highest BCUT2D eigenvalue weighted by Crippen LogP contribution is 2.22. The number of carbonyl (C=O) groups is 2. The number of hydrogen-bond donors (Lipinski definition) is 2. The van der Waals surface area contributed by atoms with Gasteiger partial charge in [0.05, 0.1) is 0 Å². The first-order valence-corrected chi connectivity index (χ1v) is 6.90. The predicted molar refractivity (Wildman–Crippen MR) is 69.5 cm³/mol. The summed E-state index contributed by atoms with van der Waals surface area (Å²) in [4.78, 5) is 24.8. The molecule has 2 N–H and O–H groups in total. The Hall–Kier alpha value is -1.26. The number of amides is 2. The normalized spacial score (nSPS) is 18.1. The maximum Gasteiger partial charge on any atom is 0.326 e. The lowest BCUT2D eigenvalue weighted by Crippen LogP contribution is -2.51.